The zero-order valence-corrected chi connectivity index (χ0v) is 15.8. The zero-order chi connectivity index (χ0) is 18.0. The van der Waals surface area contributed by atoms with Gasteiger partial charge >= 0.3 is 0 Å². The second kappa shape index (κ2) is 7.30. The van der Waals surface area contributed by atoms with Gasteiger partial charge in [0.15, 0.2) is 0 Å². The van der Waals surface area contributed by atoms with Crippen LogP contribution in [0.1, 0.15) is 30.4 Å². The highest BCUT2D eigenvalue weighted by Crippen LogP contribution is 2.24. The van der Waals surface area contributed by atoms with Gasteiger partial charge in [-0.1, -0.05) is 24.3 Å². The van der Waals surface area contributed by atoms with E-state index in [9.17, 15) is 13.2 Å². The molecule has 6 heteroatoms. The van der Waals surface area contributed by atoms with Gasteiger partial charge < -0.3 is 4.90 Å². The SMILES string of the molecule is Cc1ccc(C)c(S(=O)(=O)N2CCN(C(=O)C[C@H]3C=CCC3)CC2)c1. The lowest BCUT2D eigenvalue weighted by molar-refractivity contribution is -0.133. The van der Waals surface area contributed by atoms with Crippen LogP contribution in [0.4, 0.5) is 0 Å². The number of hydrogen-bond donors (Lipinski definition) is 0. The van der Waals surface area contributed by atoms with Crippen LogP contribution in [-0.2, 0) is 14.8 Å². The second-order valence-electron chi connectivity index (χ2n) is 7.02. The van der Waals surface area contributed by atoms with Gasteiger partial charge in [0.05, 0.1) is 4.90 Å². The first-order valence-electron chi connectivity index (χ1n) is 8.90. The fourth-order valence-corrected chi connectivity index (χ4v) is 5.25. The van der Waals surface area contributed by atoms with Crippen LogP contribution in [0.5, 0.6) is 0 Å². The number of carbonyl (C=O) groups excluding carboxylic acids is 1. The van der Waals surface area contributed by atoms with E-state index in [4.69, 9.17) is 0 Å². The standard InChI is InChI=1S/C19H26N2O3S/c1-15-7-8-16(2)18(13-15)25(23,24)21-11-9-20(10-12-21)19(22)14-17-5-3-4-6-17/h3,5,7-8,13,17H,4,6,9-12,14H2,1-2H3/t17-/m0/s1. The molecule has 1 aromatic rings. The average Bonchev–Trinajstić information content (AvgIpc) is 3.10. The first kappa shape index (κ1) is 18.1. The average molecular weight is 362 g/mol. The number of allylic oxidation sites excluding steroid dienone is 2. The monoisotopic (exact) mass is 362 g/mol. The van der Waals surface area contributed by atoms with Crippen LogP contribution in [0.2, 0.25) is 0 Å². The summed E-state index contributed by atoms with van der Waals surface area (Å²) in [6.45, 7) is 5.39. The number of benzene rings is 1. The van der Waals surface area contributed by atoms with E-state index >= 15 is 0 Å². The summed E-state index contributed by atoms with van der Waals surface area (Å²) in [6.07, 6.45) is 6.90. The van der Waals surface area contributed by atoms with E-state index in [1.807, 2.05) is 26.0 Å². The maximum absolute atomic E-state index is 12.9. The third-order valence-corrected chi connectivity index (χ3v) is 7.14. The van der Waals surface area contributed by atoms with Crippen LogP contribution in [0.25, 0.3) is 0 Å². The summed E-state index contributed by atoms with van der Waals surface area (Å²) in [5, 5.41) is 0. The number of amides is 1. The molecule has 2 aliphatic rings. The van der Waals surface area contributed by atoms with E-state index in [-0.39, 0.29) is 5.91 Å². The van der Waals surface area contributed by atoms with Gasteiger partial charge in [-0.2, -0.15) is 4.31 Å². The van der Waals surface area contributed by atoms with Gasteiger partial charge in [0.1, 0.15) is 0 Å². The fourth-order valence-electron chi connectivity index (χ4n) is 3.52. The van der Waals surface area contributed by atoms with Crippen molar-refractivity contribution in [1.29, 1.82) is 0 Å². The van der Waals surface area contributed by atoms with Crippen LogP contribution in [0, 0.1) is 19.8 Å². The Labute approximate surface area is 150 Å². The third-order valence-electron chi connectivity index (χ3n) is 5.10. The highest BCUT2D eigenvalue weighted by atomic mass is 32.2. The molecule has 0 N–H and O–H groups in total. The molecule has 0 radical (unpaired) electrons. The Kier molecular flexibility index (Phi) is 5.29. The Hall–Kier alpha value is -1.66. The first-order valence-corrected chi connectivity index (χ1v) is 10.3. The van der Waals surface area contributed by atoms with Crippen molar-refractivity contribution in [3.8, 4) is 0 Å². The van der Waals surface area contributed by atoms with Gasteiger partial charge in [0.2, 0.25) is 15.9 Å². The lowest BCUT2D eigenvalue weighted by Gasteiger charge is -2.34. The Balaban J connectivity index is 1.64. The van der Waals surface area contributed by atoms with Crippen molar-refractivity contribution in [3.63, 3.8) is 0 Å². The van der Waals surface area contributed by atoms with Crippen LogP contribution in [0.3, 0.4) is 0 Å². The molecule has 1 saturated heterocycles. The van der Waals surface area contributed by atoms with E-state index in [0.29, 0.717) is 43.4 Å². The molecular weight excluding hydrogens is 336 g/mol. The van der Waals surface area contributed by atoms with E-state index in [1.165, 1.54) is 4.31 Å². The van der Waals surface area contributed by atoms with E-state index < -0.39 is 10.0 Å². The van der Waals surface area contributed by atoms with Crippen molar-refractivity contribution in [3.05, 3.63) is 41.5 Å². The number of aryl methyl sites for hydroxylation is 2. The quantitative estimate of drug-likeness (QED) is 0.773. The topological polar surface area (TPSA) is 57.7 Å². The summed E-state index contributed by atoms with van der Waals surface area (Å²) in [7, 11) is -3.50. The van der Waals surface area contributed by atoms with Gasteiger partial charge in [-0.25, -0.2) is 8.42 Å². The van der Waals surface area contributed by atoms with Crippen molar-refractivity contribution < 1.29 is 13.2 Å². The summed E-state index contributed by atoms with van der Waals surface area (Å²) in [4.78, 5) is 14.6. The summed E-state index contributed by atoms with van der Waals surface area (Å²) in [5.74, 6) is 0.490. The van der Waals surface area contributed by atoms with Crippen molar-refractivity contribution in [2.75, 3.05) is 26.2 Å². The van der Waals surface area contributed by atoms with Crippen molar-refractivity contribution in [1.82, 2.24) is 9.21 Å². The van der Waals surface area contributed by atoms with Crippen LogP contribution in [0.15, 0.2) is 35.2 Å². The molecule has 136 valence electrons. The molecule has 1 amide bonds. The molecule has 0 unspecified atom stereocenters. The molecule has 1 fully saturated rings. The maximum Gasteiger partial charge on any atom is 0.243 e. The smallest absolute Gasteiger partial charge is 0.243 e. The molecule has 1 aromatic carbocycles. The molecule has 1 atom stereocenters. The minimum Gasteiger partial charge on any atom is -0.340 e. The zero-order valence-electron chi connectivity index (χ0n) is 14.9. The van der Waals surface area contributed by atoms with Crippen molar-refractivity contribution in [2.24, 2.45) is 5.92 Å². The van der Waals surface area contributed by atoms with Crippen molar-refractivity contribution in [2.45, 2.75) is 38.0 Å². The second-order valence-corrected chi connectivity index (χ2v) is 8.93. The molecule has 3 rings (SSSR count). The summed E-state index contributed by atoms with van der Waals surface area (Å²) in [6, 6.07) is 5.49. The number of nitrogens with zero attached hydrogens (tertiary/aromatic N) is 2. The highest BCUT2D eigenvalue weighted by Gasteiger charge is 2.31. The minimum atomic E-state index is -3.50. The number of sulfonamides is 1. The molecule has 5 nitrogen and oxygen atoms in total. The molecule has 25 heavy (non-hydrogen) atoms. The van der Waals surface area contributed by atoms with E-state index in [1.54, 1.807) is 11.0 Å². The Bertz CT molecular complexity index is 778. The molecule has 0 aromatic heterocycles. The van der Waals surface area contributed by atoms with E-state index in [2.05, 4.69) is 12.2 Å². The van der Waals surface area contributed by atoms with Crippen LogP contribution in [-0.4, -0.2) is 49.7 Å². The largest absolute Gasteiger partial charge is 0.340 e. The Morgan fingerprint density at radius 2 is 1.88 bits per heavy atom. The fraction of sp³-hybridized carbons (Fsp3) is 0.526. The van der Waals surface area contributed by atoms with Gasteiger partial charge in [-0.05, 0) is 49.8 Å². The summed E-state index contributed by atoms with van der Waals surface area (Å²) in [5.41, 5.74) is 1.69. The number of rotatable bonds is 4. The lowest BCUT2D eigenvalue weighted by Crippen LogP contribution is -2.50. The maximum atomic E-state index is 12.9. The van der Waals surface area contributed by atoms with Gasteiger partial charge in [0.25, 0.3) is 0 Å². The Morgan fingerprint density at radius 1 is 1.16 bits per heavy atom. The summed E-state index contributed by atoms with van der Waals surface area (Å²) >= 11 is 0. The highest BCUT2D eigenvalue weighted by molar-refractivity contribution is 7.89. The first-order chi connectivity index (χ1) is 11.9. The lowest BCUT2D eigenvalue weighted by atomic mass is 10.0. The van der Waals surface area contributed by atoms with Gasteiger partial charge in [0, 0.05) is 32.6 Å². The molecular formula is C19H26N2O3S. The predicted molar refractivity (Wildman–Crippen MR) is 97.7 cm³/mol. The molecule has 0 spiro atoms. The Morgan fingerprint density at radius 3 is 2.52 bits per heavy atom. The van der Waals surface area contributed by atoms with Crippen LogP contribution >= 0.6 is 0 Å². The van der Waals surface area contributed by atoms with Gasteiger partial charge in [-0.3, -0.25) is 4.79 Å². The normalized spacial score (nSPS) is 21.7. The molecule has 0 saturated carbocycles. The predicted octanol–water partition coefficient (Wildman–Crippen LogP) is 2.49. The van der Waals surface area contributed by atoms with E-state index in [0.717, 1.165) is 24.0 Å². The number of hydrogen-bond acceptors (Lipinski definition) is 3. The number of piperazine rings is 1. The number of carbonyl (C=O) groups is 1. The minimum absolute atomic E-state index is 0.139. The molecule has 1 heterocycles. The third kappa shape index (κ3) is 3.96. The van der Waals surface area contributed by atoms with Gasteiger partial charge in [-0.15, -0.1) is 0 Å². The summed E-state index contributed by atoms with van der Waals surface area (Å²) < 4.78 is 27.4. The molecule has 0 bridgehead atoms. The van der Waals surface area contributed by atoms with Crippen molar-refractivity contribution >= 4 is 15.9 Å². The molecule has 1 aliphatic carbocycles. The molecule has 1 aliphatic heterocycles. The van der Waals surface area contributed by atoms with Crippen LogP contribution < -0.4 is 0 Å².